The van der Waals surface area contributed by atoms with Crippen molar-refractivity contribution in [2.24, 2.45) is 0 Å². The fraction of sp³-hybridized carbons (Fsp3) is 0.917. The third-order valence-corrected chi connectivity index (χ3v) is 2.92. The number of carbonyl (C=O) groups excluding carboxylic acids is 1. The fourth-order valence-electron chi connectivity index (χ4n) is 2.73. The number of amides is 2. The summed E-state index contributed by atoms with van der Waals surface area (Å²) in [4.78, 5) is 13.2. The summed E-state index contributed by atoms with van der Waals surface area (Å²) in [7, 11) is 3.54. The predicted molar refractivity (Wildman–Crippen MR) is 66.5 cm³/mol. The van der Waals surface area contributed by atoms with Gasteiger partial charge in [-0.1, -0.05) is 0 Å². The topological polar surface area (TPSA) is 44.4 Å². The van der Waals surface area contributed by atoms with Crippen LogP contribution in [0.15, 0.2) is 0 Å². The van der Waals surface area contributed by atoms with E-state index in [0.29, 0.717) is 0 Å². The van der Waals surface area contributed by atoms with Gasteiger partial charge in [-0.3, -0.25) is 0 Å². The Morgan fingerprint density at radius 2 is 1.62 bits per heavy atom. The van der Waals surface area contributed by atoms with Gasteiger partial charge in [-0.15, -0.1) is 0 Å². The monoisotopic (exact) mass is 227 g/mol. The SMILES string of the molecule is CN(C)C(=O)NC1CC(C)(C)NC(C)(C)C1. The van der Waals surface area contributed by atoms with Crippen LogP contribution in [-0.2, 0) is 0 Å². The molecule has 1 aliphatic heterocycles. The van der Waals surface area contributed by atoms with Gasteiger partial charge in [-0.2, -0.15) is 0 Å². The van der Waals surface area contributed by atoms with E-state index >= 15 is 0 Å². The van der Waals surface area contributed by atoms with Crippen LogP contribution in [0.2, 0.25) is 0 Å². The van der Waals surface area contributed by atoms with E-state index in [0.717, 1.165) is 12.8 Å². The minimum Gasteiger partial charge on any atom is -0.335 e. The highest BCUT2D eigenvalue weighted by atomic mass is 16.2. The molecule has 0 spiro atoms. The number of nitrogens with zero attached hydrogens (tertiary/aromatic N) is 1. The number of carbonyl (C=O) groups is 1. The first-order chi connectivity index (χ1) is 7.11. The molecule has 1 rings (SSSR count). The van der Waals surface area contributed by atoms with E-state index < -0.39 is 0 Å². The molecule has 0 atom stereocenters. The Kier molecular flexibility index (Phi) is 3.53. The van der Waals surface area contributed by atoms with Gasteiger partial charge in [0.15, 0.2) is 0 Å². The summed E-state index contributed by atoms with van der Waals surface area (Å²) in [6.45, 7) is 8.73. The average Bonchev–Trinajstić information content (AvgIpc) is 1.96. The molecule has 1 heterocycles. The van der Waals surface area contributed by atoms with Crippen molar-refractivity contribution in [3.8, 4) is 0 Å². The van der Waals surface area contributed by atoms with Crippen LogP contribution in [-0.4, -0.2) is 42.1 Å². The molecular formula is C12H25N3O. The van der Waals surface area contributed by atoms with Crippen LogP contribution in [0.25, 0.3) is 0 Å². The molecule has 0 aromatic heterocycles. The molecule has 4 nitrogen and oxygen atoms in total. The van der Waals surface area contributed by atoms with Gasteiger partial charge in [0.2, 0.25) is 0 Å². The van der Waals surface area contributed by atoms with Crippen molar-refractivity contribution in [3.05, 3.63) is 0 Å². The lowest BCUT2D eigenvalue weighted by molar-refractivity contribution is 0.143. The van der Waals surface area contributed by atoms with Gasteiger partial charge in [0.25, 0.3) is 0 Å². The number of hydrogen-bond donors (Lipinski definition) is 2. The van der Waals surface area contributed by atoms with Crippen LogP contribution in [0.4, 0.5) is 4.79 Å². The Balaban J connectivity index is 2.64. The Morgan fingerprint density at radius 3 is 2.00 bits per heavy atom. The highest BCUT2D eigenvalue weighted by molar-refractivity contribution is 5.73. The molecule has 94 valence electrons. The molecule has 0 aromatic carbocycles. The molecule has 0 radical (unpaired) electrons. The molecule has 1 aliphatic rings. The number of rotatable bonds is 1. The Hall–Kier alpha value is -0.770. The summed E-state index contributed by atoms with van der Waals surface area (Å²) in [6, 6.07) is 0.250. The van der Waals surface area contributed by atoms with E-state index in [2.05, 4.69) is 38.3 Å². The zero-order chi connectivity index (χ0) is 12.6. The number of urea groups is 1. The van der Waals surface area contributed by atoms with Crippen molar-refractivity contribution in [1.29, 1.82) is 0 Å². The Morgan fingerprint density at radius 1 is 1.19 bits per heavy atom. The minimum absolute atomic E-state index is 0.00139. The average molecular weight is 227 g/mol. The third-order valence-electron chi connectivity index (χ3n) is 2.92. The Labute approximate surface area is 98.8 Å². The highest BCUT2D eigenvalue weighted by Gasteiger charge is 2.38. The summed E-state index contributed by atoms with van der Waals surface area (Å²) in [5.74, 6) is 0. The lowest BCUT2D eigenvalue weighted by atomic mass is 9.80. The van der Waals surface area contributed by atoms with Crippen LogP contribution in [0, 0.1) is 0 Å². The second kappa shape index (κ2) is 4.24. The summed E-state index contributed by atoms with van der Waals surface area (Å²) in [5.41, 5.74) is 0.151. The van der Waals surface area contributed by atoms with Gasteiger partial charge < -0.3 is 15.5 Å². The zero-order valence-corrected chi connectivity index (χ0v) is 11.3. The van der Waals surface area contributed by atoms with E-state index in [4.69, 9.17) is 0 Å². The lowest BCUT2D eigenvalue weighted by Gasteiger charge is -2.46. The number of nitrogens with one attached hydrogen (secondary N) is 2. The molecule has 0 unspecified atom stereocenters. The van der Waals surface area contributed by atoms with E-state index in [1.165, 1.54) is 0 Å². The second-order valence-corrected chi connectivity index (χ2v) is 6.34. The molecule has 2 amide bonds. The fourth-order valence-corrected chi connectivity index (χ4v) is 2.73. The normalized spacial score (nSPS) is 23.9. The van der Waals surface area contributed by atoms with Gasteiger partial charge in [-0.05, 0) is 40.5 Å². The maximum atomic E-state index is 11.6. The molecule has 0 aliphatic carbocycles. The smallest absolute Gasteiger partial charge is 0.317 e. The van der Waals surface area contributed by atoms with Crippen molar-refractivity contribution in [3.63, 3.8) is 0 Å². The van der Waals surface area contributed by atoms with Crippen LogP contribution >= 0.6 is 0 Å². The predicted octanol–water partition coefficient (Wildman–Crippen LogP) is 1.57. The maximum Gasteiger partial charge on any atom is 0.317 e. The van der Waals surface area contributed by atoms with Crippen LogP contribution in [0.5, 0.6) is 0 Å². The van der Waals surface area contributed by atoms with Gasteiger partial charge >= 0.3 is 6.03 Å². The van der Waals surface area contributed by atoms with Crippen molar-refractivity contribution in [2.75, 3.05) is 14.1 Å². The van der Waals surface area contributed by atoms with Crippen molar-refractivity contribution >= 4 is 6.03 Å². The molecule has 4 heteroatoms. The molecule has 1 saturated heterocycles. The first-order valence-corrected chi connectivity index (χ1v) is 5.88. The van der Waals surface area contributed by atoms with Crippen molar-refractivity contribution in [1.82, 2.24) is 15.5 Å². The van der Waals surface area contributed by atoms with Crippen LogP contribution in [0.3, 0.4) is 0 Å². The zero-order valence-electron chi connectivity index (χ0n) is 11.3. The molecular weight excluding hydrogens is 202 g/mol. The summed E-state index contributed by atoms with van der Waals surface area (Å²) in [5, 5.41) is 6.68. The van der Waals surface area contributed by atoms with Crippen molar-refractivity contribution < 1.29 is 4.79 Å². The summed E-state index contributed by atoms with van der Waals surface area (Å²) in [6.07, 6.45) is 1.94. The maximum absolute atomic E-state index is 11.6. The minimum atomic E-state index is -0.00139. The Bertz CT molecular complexity index is 255. The van der Waals surface area contributed by atoms with E-state index in [1.807, 2.05) is 0 Å². The van der Waals surface area contributed by atoms with E-state index in [9.17, 15) is 4.79 Å². The molecule has 0 saturated carbocycles. The molecule has 2 N–H and O–H groups in total. The second-order valence-electron chi connectivity index (χ2n) is 6.34. The van der Waals surface area contributed by atoms with Gasteiger partial charge in [0.1, 0.15) is 0 Å². The quantitative estimate of drug-likeness (QED) is 0.714. The first kappa shape index (κ1) is 13.3. The molecule has 0 bridgehead atoms. The largest absolute Gasteiger partial charge is 0.335 e. The third kappa shape index (κ3) is 3.67. The van der Waals surface area contributed by atoms with E-state index in [-0.39, 0.29) is 23.2 Å². The van der Waals surface area contributed by atoms with Gasteiger partial charge in [0.05, 0.1) is 0 Å². The lowest BCUT2D eigenvalue weighted by Crippen LogP contribution is -2.62. The highest BCUT2D eigenvalue weighted by Crippen LogP contribution is 2.28. The van der Waals surface area contributed by atoms with Gasteiger partial charge in [0, 0.05) is 31.2 Å². The first-order valence-electron chi connectivity index (χ1n) is 5.88. The molecule has 16 heavy (non-hydrogen) atoms. The number of piperidine rings is 1. The number of hydrogen-bond acceptors (Lipinski definition) is 2. The summed E-state index contributed by atoms with van der Waals surface area (Å²) < 4.78 is 0. The van der Waals surface area contributed by atoms with Gasteiger partial charge in [-0.25, -0.2) is 4.79 Å². The molecule has 1 fully saturated rings. The van der Waals surface area contributed by atoms with Crippen molar-refractivity contribution in [2.45, 2.75) is 57.7 Å². The molecule has 0 aromatic rings. The van der Waals surface area contributed by atoms with Crippen LogP contribution < -0.4 is 10.6 Å². The van der Waals surface area contributed by atoms with E-state index in [1.54, 1.807) is 19.0 Å². The standard InChI is InChI=1S/C12H25N3O/c1-11(2)7-9(8-12(3,4)14-11)13-10(16)15(5)6/h9,14H,7-8H2,1-6H3,(H,13,16). The van der Waals surface area contributed by atoms with Crippen LogP contribution in [0.1, 0.15) is 40.5 Å². The summed E-state index contributed by atoms with van der Waals surface area (Å²) >= 11 is 0.